The Balaban J connectivity index is 0.0000221. The van der Waals surface area contributed by atoms with Crippen molar-refractivity contribution in [3.8, 4) is 0 Å². The molecular formula is C43H79KO3S. The van der Waals surface area contributed by atoms with Gasteiger partial charge in [-0.2, -0.15) is 0 Å². The van der Waals surface area contributed by atoms with Gasteiger partial charge in [0.15, 0.2) is 0 Å². The van der Waals surface area contributed by atoms with Crippen molar-refractivity contribution in [3.63, 3.8) is 0 Å². The van der Waals surface area contributed by atoms with E-state index in [1.54, 1.807) is 12.1 Å². The maximum Gasteiger partial charge on any atom is 1.00 e. The summed E-state index contributed by atoms with van der Waals surface area (Å²) in [5.74, 6) is 0. The molecule has 0 aromatic heterocycles. The van der Waals surface area contributed by atoms with Gasteiger partial charge >= 0.3 is 51.4 Å². The van der Waals surface area contributed by atoms with Crippen molar-refractivity contribution in [2.24, 2.45) is 0 Å². The van der Waals surface area contributed by atoms with Gasteiger partial charge in [-0.05, 0) is 30.5 Å². The molecule has 0 bridgehead atoms. The number of aryl methyl sites for hydroxylation is 1. The minimum absolute atomic E-state index is 0. The van der Waals surface area contributed by atoms with Gasteiger partial charge in [0.05, 0.1) is 4.90 Å². The first-order chi connectivity index (χ1) is 23.0. The fourth-order valence-corrected chi connectivity index (χ4v) is 7.53. The molecule has 3 nitrogen and oxygen atoms in total. The maximum absolute atomic E-state index is 11.0. The molecule has 0 saturated carbocycles. The molecule has 0 aliphatic heterocycles. The Morgan fingerprint density at radius 3 is 0.792 bits per heavy atom. The Hall–Kier alpha value is 0.766. The molecule has 0 unspecified atom stereocenters. The summed E-state index contributed by atoms with van der Waals surface area (Å²) < 4.78 is 33.0. The van der Waals surface area contributed by atoms with E-state index in [4.69, 9.17) is 0 Å². The molecule has 0 radical (unpaired) electrons. The van der Waals surface area contributed by atoms with E-state index in [1.165, 1.54) is 230 Å². The Morgan fingerprint density at radius 2 is 0.583 bits per heavy atom. The molecule has 0 fully saturated rings. The molecule has 0 N–H and O–H groups in total. The fourth-order valence-electron chi connectivity index (χ4n) is 7.06. The molecular weight excluding hydrogens is 636 g/mol. The molecule has 48 heavy (non-hydrogen) atoms. The Labute approximate surface area is 343 Å². The summed E-state index contributed by atoms with van der Waals surface area (Å²) in [6, 6.07) is 6.41. The van der Waals surface area contributed by atoms with Crippen molar-refractivity contribution in [1.82, 2.24) is 0 Å². The second-order valence-corrected chi connectivity index (χ2v) is 16.2. The van der Waals surface area contributed by atoms with Gasteiger partial charge in [-0.3, -0.25) is 0 Å². The third-order valence-electron chi connectivity index (χ3n) is 10.3. The number of rotatable bonds is 37. The molecule has 5 heteroatoms. The quantitative estimate of drug-likeness (QED) is 0.0392. The molecule has 1 aromatic rings. The van der Waals surface area contributed by atoms with E-state index in [2.05, 4.69) is 6.92 Å². The van der Waals surface area contributed by atoms with Crippen LogP contribution in [0.1, 0.15) is 237 Å². The van der Waals surface area contributed by atoms with E-state index in [9.17, 15) is 13.0 Å². The molecule has 0 aliphatic carbocycles. The van der Waals surface area contributed by atoms with Crippen LogP contribution in [0, 0.1) is 0 Å². The van der Waals surface area contributed by atoms with Crippen molar-refractivity contribution in [1.29, 1.82) is 0 Å². The minimum atomic E-state index is -4.33. The van der Waals surface area contributed by atoms with Crippen molar-refractivity contribution in [2.45, 2.75) is 243 Å². The van der Waals surface area contributed by atoms with Crippen LogP contribution in [0.3, 0.4) is 0 Å². The fraction of sp³-hybridized carbons (Fsp3) is 0.860. The van der Waals surface area contributed by atoms with E-state index in [0.717, 1.165) is 18.4 Å². The van der Waals surface area contributed by atoms with E-state index >= 15 is 0 Å². The smallest absolute Gasteiger partial charge is 0.744 e. The first kappa shape index (κ1) is 48.8. The van der Waals surface area contributed by atoms with Crippen LogP contribution in [-0.2, 0) is 16.5 Å². The average molecular weight is 715 g/mol. The van der Waals surface area contributed by atoms with Gasteiger partial charge in [0.25, 0.3) is 0 Å². The summed E-state index contributed by atoms with van der Waals surface area (Å²) in [6.45, 7) is 2.30. The molecule has 0 atom stereocenters. The van der Waals surface area contributed by atoms with Gasteiger partial charge in [0.2, 0.25) is 0 Å². The Morgan fingerprint density at radius 1 is 0.375 bits per heavy atom. The molecule has 276 valence electrons. The molecule has 1 aromatic carbocycles. The molecule has 0 spiro atoms. The maximum atomic E-state index is 11.0. The zero-order valence-corrected chi connectivity index (χ0v) is 36.3. The van der Waals surface area contributed by atoms with Crippen LogP contribution in [0.2, 0.25) is 0 Å². The summed E-state index contributed by atoms with van der Waals surface area (Å²) in [4.78, 5) is -0.132. The van der Waals surface area contributed by atoms with Gasteiger partial charge in [0, 0.05) is 0 Å². The normalized spacial score (nSPS) is 11.6. The SMILES string of the molecule is CCCCCCCCCCCCCCCCCCCCCCCCCCCCCCCCCCCCCc1ccc(S(=O)(=O)[O-])cc1.[K+]. The van der Waals surface area contributed by atoms with E-state index in [1.807, 2.05) is 0 Å². The van der Waals surface area contributed by atoms with Crippen LogP contribution >= 0.6 is 0 Å². The van der Waals surface area contributed by atoms with Crippen molar-refractivity contribution in [3.05, 3.63) is 29.8 Å². The van der Waals surface area contributed by atoms with Crippen molar-refractivity contribution < 1.29 is 64.4 Å². The standard InChI is InChI=1S/C43H80O3S.K/c1-2-3-4-5-6-7-8-9-10-11-12-13-14-15-16-17-18-19-20-21-22-23-24-25-26-27-28-29-30-31-32-33-34-35-36-37-42-38-40-43(41-39-42)47(44,45)46;/h38-41H,2-37H2,1H3,(H,44,45,46);/q;+1/p-1. The van der Waals surface area contributed by atoms with Gasteiger partial charge in [-0.15, -0.1) is 0 Å². The summed E-state index contributed by atoms with van der Waals surface area (Å²) >= 11 is 0. The Kier molecular flexibility index (Phi) is 38.1. The molecule has 0 aliphatic rings. The summed E-state index contributed by atoms with van der Waals surface area (Å²) in [5.41, 5.74) is 1.11. The Bertz CT molecular complexity index is 871. The predicted molar refractivity (Wildman–Crippen MR) is 205 cm³/mol. The number of unbranched alkanes of at least 4 members (excludes halogenated alkanes) is 34. The first-order valence-corrected chi connectivity index (χ1v) is 22.5. The van der Waals surface area contributed by atoms with Crippen LogP contribution in [0.4, 0.5) is 0 Å². The molecule has 0 saturated heterocycles. The zero-order chi connectivity index (χ0) is 33.9. The van der Waals surface area contributed by atoms with Crippen LogP contribution in [0.25, 0.3) is 0 Å². The second-order valence-electron chi connectivity index (χ2n) is 14.9. The molecule has 1 rings (SSSR count). The largest absolute Gasteiger partial charge is 1.00 e. The summed E-state index contributed by atoms with van der Waals surface area (Å²) in [7, 11) is -4.33. The van der Waals surface area contributed by atoms with Gasteiger partial charge < -0.3 is 4.55 Å². The second kappa shape index (κ2) is 37.5. The van der Waals surface area contributed by atoms with Crippen LogP contribution in [0.5, 0.6) is 0 Å². The number of benzene rings is 1. The van der Waals surface area contributed by atoms with Crippen LogP contribution < -0.4 is 51.4 Å². The van der Waals surface area contributed by atoms with E-state index in [0.29, 0.717) is 0 Å². The summed E-state index contributed by atoms with van der Waals surface area (Å²) in [5, 5.41) is 0. The van der Waals surface area contributed by atoms with E-state index < -0.39 is 10.1 Å². The topological polar surface area (TPSA) is 57.2 Å². The average Bonchev–Trinajstić information content (AvgIpc) is 3.06. The number of hydrogen-bond donors (Lipinski definition) is 0. The van der Waals surface area contributed by atoms with E-state index in [-0.39, 0.29) is 56.3 Å². The van der Waals surface area contributed by atoms with Crippen molar-refractivity contribution in [2.75, 3.05) is 0 Å². The van der Waals surface area contributed by atoms with Gasteiger partial charge in [-0.25, -0.2) is 8.42 Å². The zero-order valence-electron chi connectivity index (χ0n) is 32.4. The van der Waals surface area contributed by atoms with Crippen LogP contribution in [0.15, 0.2) is 29.2 Å². The third kappa shape index (κ3) is 33.9. The molecule has 0 amide bonds. The first-order valence-electron chi connectivity index (χ1n) is 21.1. The van der Waals surface area contributed by atoms with Gasteiger partial charge in [-0.1, -0.05) is 237 Å². The third-order valence-corrected chi connectivity index (χ3v) is 11.1. The minimum Gasteiger partial charge on any atom is -0.744 e. The summed E-state index contributed by atoms with van der Waals surface area (Å²) in [6.07, 6.45) is 50.9. The monoisotopic (exact) mass is 715 g/mol. The predicted octanol–water partition coefficient (Wildman–Crippen LogP) is 11.8. The van der Waals surface area contributed by atoms with Crippen LogP contribution in [-0.4, -0.2) is 13.0 Å². The molecule has 0 heterocycles. The van der Waals surface area contributed by atoms with Gasteiger partial charge in [0.1, 0.15) is 10.1 Å². The van der Waals surface area contributed by atoms with Crippen molar-refractivity contribution >= 4 is 10.1 Å². The number of hydrogen-bond acceptors (Lipinski definition) is 3.